The quantitative estimate of drug-likeness (QED) is 0.679. The molecule has 1 aliphatic carbocycles. The fourth-order valence-electron chi connectivity index (χ4n) is 4.26. The van der Waals surface area contributed by atoms with E-state index in [9.17, 15) is 26.7 Å². The van der Waals surface area contributed by atoms with E-state index in [-0.39, 0.29) is 30.1 Å². The molecule has 1 unspecified atom stereocenters. The molecule has 27 heavy (non-hydrogen) atoms. The summed E-state index contributed by atoms with van der Waals surface area (Å²) in [5.41, 5.74) is -5.23. The largest absolute Gasteiger partial charge is 0.508 e. The predicted molar refractivity (Wildman–Crippen MR) is 94.7 cm³/mol. The summed E-state index contributed by atoms with van der Waals surface area (Å²) in [6.45, 7) is 0.216. The van der Waals surface area contributed by atoms with Crippen LogP contribution in [0.4, 0.5) is 13.2 Å². The highest BCUT2D eigenvalue weighted by atomic mass is 79.9. The normalized spacial score (nSPS) is 21.6. The second-order valence-corrected chi connectivity index (χ2v) is 9.44. The second kappa shape index (κ2) is 5.88. The first-order valence-corrected chi connectivity index (χ1v) is 10.5. The molecule has 0 radical (unpaired) electrons. The number of benzene rings is 2. The molecule has 4 nitrogen and oxygen atoms in total. The molecule has 2 aromatic rings. The first-order chi connectivity index (χ1) is 12.6. The van der Waals surface area contributed by atoms with Gasteiger partial charge in [-0.05, 0) is 49.1 Å². The third-order valence-corrected chi connectivity index (χ3v) is 7.63. The molecule has 0 aromatic heterocycles. The summed E-state index contributed by atoms with van der Waals surface area (Å²) in [5.74, 6) is 0.0524. The van der Waals surface area contributed by atoms with Crippen LogP contribution >= 0.6 is 15.9 Å². The lowest BCUT2D eigenvalue weighted by Crippen LogP contribution is -2.36. The van der Waals surface area contributed by atoms with Crippen molar-refractivity contribution in [3.63, 3.8) is 0 Å². The Bertz CT molecular complexity index is 1050. The zero-order valence-corrected chi connectivity index (χ0v) is 16.2. The number of phenolic OH excluding ortho intramolecular Hbond substituents is 1. The van der Waals surface area contributed by atoms with Crippen molar-refractivity contribution in [2.24, 2.45) is 0 Å². The Kier molecular flexibility index (Phi) is 4.05. The summed E-state index contributed by atoms with van der Waals surface area (Å²) in [6.07, 6.45) is 1.17. The van der Waals surface area contributed by atoms with Crippen molar-refractivity contribution in [3.8, 4) is 11.5 Å². The van der Waals surface area contributed by atoms with Crippen LogP contribution < -0.4 is 4.74 Å². The van der Waals surface area contributed by atoms with E-state index < -0.39 is 25.7 Å². The van der Waals surface area contributed by atoms with E-state index in [1.807, 2.05) is 0 Å². The predicted octanol–water partition coefficient (Wildman–Crippen LogP) is 4.46. The maximum Gasteiger partial charge on any atom is 0.501 e. The van der Waals surface area contributed by atoms with E-state index >= 15 is 0 Å². The Morgan fingerprint density at radius 3 is 2.56 bits per heavy atom. The van der Waals surface area contributed by atoms with Crippen LogP contribution in [-0.2, 0) is 21.7 Å². The SMILES string of the molecule is O=S(=O)(c1cccc2c1C1(CCO2)CCc2c(Br)ccc(O)c21)C(F)(F)F. The lowest BCUT2D eigenvalue weighted by molar-refractivity contribution is -0.0437. The molecular weight excluding hydrogens is 449 g/mol. The summed E-state index contributed by atoms with van der Waals surface area (Å²) >= 11 is 3.42. The summed E-state index contributed by atoms with van der Waals surface area (Å²) < 4.78 is 70.8. The van der Waals surface area contributed by atoms with E-state index in [4.69, 9.17) is 4.74 Å². The molecule has 1 N–H and O–H groups in total. The molecule has 0 bridgehead atoms. The van der Waals surface area contributed by atoms with Crippen molar-refractivity contribution in [3.05, 3.63) is 51.5 Å². The van der Waals surface area contributed by atoms with Crippen LogP contribution in [0.3, 0.4) is 0 Å². The van der Waals surface area contributed by atoms with E-state index in [0.29, 0.717) is 18.4 Å². The average molecular weight is 463 g/mol. The average Bonchev–Trinajstić information content (AvgIpc) is 2.98. The first-order valence-electron chi connectivity index (χ1n) is 8.18. The highest BCUT2D eigenvalue weighted by Gasteiger charge is 2.54. The van der Waals surface area contributed by atoms with E-state index in [2.05, 4.69) is 15.9 Å². The number of sulfone groups is 1. The lowest BCUT2D eigenvalue weighted by atomic mass is 9.71. The van der Waals surface area contributed by atoms with Gasteiger partial charge < -0.3 is 9.84 Å². The molecule has 4 rings (SSSR count). The Hall–Kier alpha value is -1.74. The fraction of sp³-hybridized carbons (Fsp3) is 0.333. The smallest absolute Gasteiger partial charge is 0.501 e. The molecule has 0 amide bonds. The monoisotopic (exact) mass is 462 g/mol. The minimum absolute atomic E-state index is 0.0132. The molecule has 0 fully saturated rings. The first kappa shape index (κ1) is 18.6. The van der Waals surface area contributed by atoms with Gasteiger partial charge in [0.05, 0.1) is 11.5 Å². The number of alkyl halides is 3. The van der Waals surface area contributed by atoms with E-state index in [1.165, 1.54) is 18.2 Å². The van der Waals surface area contributed by atoms with Gasteiger partial charge in [0.15, 0.2) is 0 Å². The number of hydrogen-bond acceptors (Lipinski definition) is 4. The van der Waals surface area contributed by atoms with Gasteiger partial charge in [-0.15, -0.1) is 0 Å². The summed E-state index contributed by atoms with van der Waals surface area (Å²) in [7, 11) is -5.58. The summed E-state index contributed by atoms with van der Waals surface area (Å²) in [4.78, 5) is -0.806. The molecule has 1 heterocycles. The van der Waals surface area contributed by atoms with Crippen molar-refractivity contribution in [2.45, 2.75) is 35.1 Å². The molecule has 2 aromatic carbocycles. The Labute approximate surface area is 162 Å². The minimum atomic E-state index is -5.58. The maximum atomic E-state index is 13.3. The third kappa shape index (κ3) is 2.51. The van der Waals surface area contributed by atoms with Crippen molar-refractivity contribution >= 4 is 25.8 Å². The van der Waals surface area contributed by atoms with Gasteiger partial charge in [0.25, 0.3) is 9.84 Å². The zero-order chi connectivity index (χ0) is 19.6. The van der Waals surface area contributed by atoms with Crippen LogP contribution in [0.15, 0.2) is 39.7 Å². The zero-order valence-electron chi connectivity index (χ0n) is 13.8. The molecule has 0 saturated carbocycles. The minimum Gasteiger partial charge on any atom is -0.508 e. The third-order valence-electron chi connectivity index (χ3n) is 5.36. The van der Waals surface area contributed by atoms with Gasteiger partial charge >= 0.3 is 5.51 Å². The van der Waals surface area contributed by atoms with Gasteiger partial charge in [0, 0.05) is 21.0 Å². The molecule has 1 atom stereocenters. The number of aromatic hydroxyl groups is 1. The number of rotatable bonds is 1. The topological polar surface area (TPSA) is 63.6 Å². The number of hydrogen-bond donors (Lipinski definition) is 1. The van der Waals surface area contributed by atoms with Crippen LogP contribution in [0.5, 0.6) is 11.5 Å². The maximum absolute atomic E-state index is 13.3. The van der Waals surface area contributed by atoms with Crippen LogP contribution in [0.25, 0.3) is 0 Å². The molecule has 2 aliphatic rings. The van der Waals surface area contributed by atoms with Crippen LogP contribution in [0, 0.1) is 0 Å². The molecule has 9 heteroatoms. The molecule has 1 aliphatic heterocycles. The number of fused-ring (bicyclic) bond motifs is 4. The molecule has 144 valence electrons. The molecular formula is C18H14BrF3O4S. The summed E-state index contributed by atoms with van der Waals surface area (Å²) in [5, 5.41) is 10.5. The number of ether oxygens (including phenoxy) is 1. The molecule has 0 saturated heterocycles. The summed E-state index contributed by atoms with van der Waals surface area (Å²) in [6, 6.07) is 6.81. The van der Waals surface area contributed by atoms with Gasteiger partial charge in [-0.25, -0.2) is 8.42 Å². The highest BCUT2D eigenvalue weighted by Crippen LogP contribution is 2.57. The van der Waals surface area contributed by atoms with Crippen molar-refractivity contribution in [2.75, 3.05) is 6.61 Å². The van der Waals surface area contributed by atoms with Gasteiger partial charge in [0.2, 0.25) is 0 Å². The van der Waals surface area contributed by atoms with Gasteiger partial charge in [-0.1, -0.05) is 22.0 Å². The van der Waals surface area contributed by atoms with Crippen molar-refractivity contribution < 1.29 is 31.4 Å². The highest BCUT2D eigenvalue weighted by molar-refractivity contribution is 9.10. The Morgan fingerprint density at radius 1 is 1.11 bits per heavy atom. The van der Waals surface area contributed by atoms with Crippen molar-refractivity contribution in [1.29, 1.82) is 0 Å². The Morgan fingerprint density at radius 2 is 1.85 bits per heavy atom. The number of phenols is 1. The van der Waals surface area contributed by atoms with Crippen LogP contribution in [0.1, 0.15) is 29.5 Å². The van der Waals surface area contributed by atoms with E-state index in [0.717, 1.165) is 16.1 Å². The van der Waals surface area contributed by atoms with Gasteiger partial charge in [0.1, 0.15) is 11.5 Å². The van der Waals surface area contributed by atoms with E-state index in [1.54, 1.807) is 6.07 Å². The standard InChI is InChI=1S/C18H14BrF3O4S/c19-11-4-5-12(23)15-10(11)6-7-17(15)8-9-26-13-2-1-3-14(16(13)17)27(24,25)18(20,21)22/h1-5,23H,6-9H2. The van der Waals surface area contributed by atoms with Crippen molar-refractivity contribution in [1.82, 2.24) is 0 Å². The molecule has 1 spiro atoms. The number of halogens is 4. The van der Waals surface area contributed by atoms with Crippen LogP contribution in [-0.4, -0.2) is 25.6 Å². The lowest BCUT2D eigenvalue weighted by Gasteiger charge is -2.38. The van der Waals surface area contributed by atoms with Crippen LogP contribution in [0.2, 0.25) is 0 Å². The van der Waals surface area contributed by atoms with Gasteiger partial charge in [-0.3, -0.25) is 0 Å². The fourth-order valence-corrected chi connectivity index (χ4v) is 5.86. The van der Waals surface area contributed by atoms with Gasteiger partial charge in [-0.2, -0.15) is 13.2 Å². The Balaban J connectivity index is 2.08. The second-order valence-electron chi connectivity index (χ2n) is 6.68.